The molecule has 0 radical (unpaired) electrons. The summed E-state index contributed by atoms with van der Waals surface area (Å²) >= 11 is 1.38. The highest BCUT2D eigenvalue weighted by Gasteiger charge is 2.15. The van der Waals surface area contributed by atoms with Gasteiger partial charge >= 0.3 is 0 Å². The van der Waals surface area contributed by atoms with E-state index in [1.165, 1.54) is 11.3 Å². The van der Waals surface area contributed by atoms with Crippen LogP contribution in [-0.2, 0) is 0 Å². The zero-order valence-corrected chi connectivity index (χ0v) is 15.0. The van der Waals surface area contributed by atoms with Crippen molar-refractivity contribution in [3.63, 3.8) is 0 Å². The average molecular weight is 349 g/mol. The number of thiazole rings is 1. The molecule has 0 saturated carbocycles. The predicted molar refractivity (Wildman–Crippen MR) is 103 cm³/mol. The molecule has 0 aliphatic rings. The SMILES string of the molecule is Cc1nc(-c2ccccc2)sc1C(=O)NN=CC(C)c1ccccc1. The number of rotatable bonds is 5. The first-order chi connectivity index (χ1) is 12.1. The summed E-state index contributed by atoms with van der Waals surface area (Å²) in [7, 11) is 0. The Kier molecular flexibility index (Phi) is 5.36. The minimum absolute atomic E-state index is 0.129. The molecule has 0 spiro atoms. The molecule has 1 N–H and O–H groups in total. The fraction of sp³-hybridized carbons (Fsp3) is 0.150. The van der Waals surface area contributed by atoms with E-state index in [0.717, 1.165) is 16.1 Å². The molecule has 0 aliphatic heterocycles. The lowest BCUT2D eigenvalue weighted by Gasteiger charge is -2.05. The van der Waals surface area contributed by atoms with Gasteiger partial charge in [0, 0.05) is 17.7 Å². The van der Waals surface area contributed by atoms with E-state index in [1.54, 1.807) is 6.21 Å². The van der Waals surface area contributed by atoms with Crippen molar-refractivity contribution in [3.8, 4) is 10.6 Å². The van der Waals surface area contributed by atoms with Gasteiger partial charge in [-0.2, -0.15) is 5.10 Å². The fourth-order valence-electron chi connectivity index (χ4n) is 2.41. The molecular weight excluding hydrogens is 330 g/mol. The Balaban J connectivity index is 1.68. The number of nitrogens with one attached hydrogen (secondary N) is 1. The van der Waals surface area contributed by atoms with Crippen molar-refractivity contribution in [1.82, 2.24) is 10.4 Å². The second kappa shape index (κ2) is 7.85. The molecule has 126 valence electrons. The third-order valence-corrected chi connectivity index (χ3v) is 5.02. The summed E-state index contributed by atoms with van der Waals surface area (Å²) in [5, 5.41) is 4.94. The number of aromatic nitrogens is 1. The van der Waals surface area contributed by atoms with Crippen molar-refractivity contribution in [2.45, 2.75) is 19.8 Å². The van der Waals surface area contributed by atoms with Crippen molar-refractivity contribution in [2.75, 3.05) is 0 Å². The zero-order valence-electron chi connectivity index (χ0n) is 14.1. The van der Waals surface area contributed by atoms with Crippen molar-refractivity contribution >= 4 is 23.5 Å². The summed E-state index contributed by atoms with van der Waals surface area (Å²) in [4.78, 5) is 17.5. The maximum atomic E-state index is 12.4. The molecule has 1 aromatic heterocycles. The summed E-state index contributed by atoms with van der Waals surface area (Å²) in [6.45, 7) is 3.88. The lowest BCUT2D eigenvalue weighted by Crippen LogP contribution is -2.17. The molecule has 5 heteroatoms. The zero-order chi connectivity index (χ0) is 17.6. The highest BCUT2D eigenvalue weighted by Crippen LogP contribution is 2.27. The van der Waals surface area contributed by atoms with Crippen LogP contribution in [0.25, 0.3) is 10.6 Å². The molecule has 2 aromatic carbocycles. The summed E-state index contributed by atoms with van der Waals surface area (Å²) in [5.41, 5.74) is 5.49. The largest absolute Gasteiger partial charge is 0.283 e. The van der Waals surface area contributed by atoms with Gasteiger partial charge in [-0.15, -0.1) is 11.3 Å². The smallest absolute Gasteiger partial charge is 0.266 e. The van der Waals surface area contributed by atoms with E-state index in [0.29, 0.717) is 10.6 Å². The van der Waals surface area contributed by atoms with Crippen LogP contribution in [0.15, 0.2) is 65.8 Å². The molecule has 3 aromatic rings. The number of amides is 1. The van der Waals surface area contributed by atoms with Crippen LogP contribution in [0.2, 0.25) is 0 Å². The topological polar surface area (TPSA) is 54.4 Å². The highest BCUT2D eigenvalue weighted by atomic mass is 32.1. The Morgan fingerprint density at radius 3 is 2.44 bits per heavy atom. The molecule has 1 unspecified atom stereocenters. The van der Waals surface area contributed by atoms with Crippen molar-refractivity contribution in [2.24, 2.45) is 5.10 Å². The van der Waals surface area contributed by atoms with Crippen molar-refractivity contribution in [3.05, 3.63) is 76.8 Å². The number of hydrazone groups is 1. The van der Waals surface area contributed by atoms with E-state index >= 15 is 0 Å². The molecule has 0 fully saturated rings. The van der Waals surface area contributed by atoms with Gasteiger partial charge in [0.2, 0.25) is 0 Å². The maximum absolute atomic E-state index is 12.4. The number of carbonyl (C=O) groups is 1. The standard InChI is InChI=1S/C20H19N3OS/c1-14(16-9-5-3-6-10-16)13-21-23-19(24)18-15(2)22-20(25-18)17-11-7-4-8-12-17/h3-14H,1-2H3,(H,23,24). The molecule has 0 bridgehead atoms. The van der Waals surface area contributed by atoms with Crippen LogP contribution in [-0.4, -0.2) is 17.1 Å². The second-order valence-corrected chi connectivity index (χ2v) is 6.72. The number of hydrogen-bond donors (Lipinski definition) is 1. The second-order valence-electron chi connectivity index (χ2n) is 5.72. The van der Waals surface area contributed by atoms with Gasteiger partial charge in [-0.25, -0.2) is 10.4 Å². The van der Waals surface area contributed by atoms with Gasteiger partial charge in [-0.1, -0.05) is 67.6 Å². The van der Waals surface area contributed by atoms with Crippen LogP contribution >= 0.6 is 11.3 Å². The molecule has 0 saturated heterocycles. The lowest BCUT2D eigenvalue weighted by atomic mass is 10.0. The molecule has 1 heterocycles. The van der Waals surface area contributed by atoms with E-state index in [9.17, 15) is 4.79 Å². The number of hydrogen-bond acceptors (Lipinski definition) is 4. The van der Waals surface area contributed by atoms with Crippen LogP contribution < -0.4 is 5.43 Å². The summed E-state index contributed by atoms with van der Waals surface area (Å²) in [6.07, 6.45) is 1.74. The molecule has 0 aliphatic carbocycles. The normalized spacial score (nSPS) is 12.2. The quantitative estimate of drug-likeness (QED) is 0.539. The number of aryl methyl sites for hydroxylation is 1. The number of benzene rings is 2. The van der Waals surface area contributed by atoms with Crippen molar-refractivity contribution in [1.29, 1.82) is 0 Å². The summed E-state index contributed by atoms with van der Waals surface area (Å²) in [6, 6.07) is 19.9. The van der Waals surface area contributed by atoms with Gasteiger partial charge in [-0.3, -0.25) is 4.79 Å². The van der Waals surface area contributed by atoms with Gasteiger partial charge in [0.25, 0.3) is 5.91 Å². The lowest BCUT2D eigenvalue weighted by molar-refractivity contribution is 0.0958. The predicted octanol–water partition coefficient (Wildman–Crippen LogP) is 4.64. The van der Waals surface area contributed by atoms with Crippen molar-refractivity contribution < 1.29 is 4.79 Å². The molecule has 1 amide bonds. The Bertz CT molecular complexity index is 872. The van der Waals surface area contributed by atoms with Crippen LogP contribution in [0.5, 0.6) is 0 Å². The van der Waals surface area contributed by atoms with E-state index in [1.807, 2.05) is 74.5 Å². The van der Waals surface area contributed by atoms with E-state index in [-0.39, 0.29) is 11.8 Å². The molecule has 3 rings (SSSR count). The maximum Gasteiger partial charge on any atom is 0.283 e. The molecule has 1 atom stereocenters. The van der Waals surface area contributed by atoms with Crippen LogP contribution in [0.4, 0.5) is 0 Å². The van der Waals surface area contributed by atoms with Gasteiger partial charge in [0.05, 0.1) is 5.69 Å². The van der Waals surface area contributed by atoms with Gasteiger partial charge in [0.1, 0.15) is 9.88 Å². The first kappa shape index (κ1) is 17.0. The van der Waals surface area contributed by atoms with Crippen LogP contribution in [0.3, 0.4) is 0 Å². The number of carbonyl (C=O) groups excluding carboxylic acids is 1. The average Bonchev–Trinajstić information content (AvgIpc) is 3.05. The Labute approximate surface area is 151 Å². The Hall–Kier alpha value is -2.79. The third-order valence-electron chi connectivity index (χ3n) is 3.81. The minimum atomic E-state index is -0.228. The monoisotopic (exact) mass is 349 g/mol. The number of nitrogens with zero attached hydrogens (tertiary/aromatic N) is 2. The fourth-order valence-corrected chi connectivity index (χ4v) is 3.37. The Morgan fingerprint density at radius 1 is 1.12 bits per heavy atom. The first-order valence-electron chi connectivity index (χ1n) is 8.06. The van der Waals surface area contributed by atoms with Gasteiger partial charge in [0.15, 0.2) is 0 Å². The molecule has 4 nitrogen and oxygen atoms in total. The van der Waals surface area contributed by atoms with Crippen LogP contribution in [0.1, 0.15) is 33.8 Å². The highest BCUT2D eigenvalue weighted by molar-refractivity contribution is 7.17. The molecular formula is C20H19N3OS. The van der Waals surface area contributed by atoms with E-state index < -0.39 is 0 Å². The van der Waals surface area contributed by atoms with Gasteiger partial charge in [-0.05, 0) is 12.5 Å². The third kappa shape index (κ3) is 4.19. The van der Waals surface area contributed by atoms with Gasteiger partial charge < -0.3 is 0 Å². The van der Waals surface area contributed by atoms with E-state index in [2.05, 4.69) is 15.5 Å². The minimum Gasteiger partial charge on any atom is -0.266 e. The first-order valence-corrected chi connectivity index (χ1v) is 8.88. The van der Waals surface area contributed by atoms with E-state index in [4.69, 9.17) is 0 Å². The summed E-state index contributed by atoms with van der Waals surface area (Å²) < 4.78 is 0. The molecule has 25 heavy (non-hydrogen) atoms. The summed E-state index contributed by atoms with van der Waals surface area (Å²) in [5.74, 6) is -0.0994. The Morgan fingerprint density at radius 2 is 1.76 bits per heavy atom. The van der Waals surface area contributed by atoms with Crippen LogP contribution in [0, 0.1) is 6.92 Å².